The van der Waals surface area contributed by atoms with Crippen LogP contribution in [0.4, 0.5) is 5.69 Å². The molecular weight excluding hydrogens is 320 g/mol. The fraction of sp³-hybridized carbons (Fsp3) is 0.0667. The summed E-state index contributed by atoms with van der Waals surface area (Å²) in [6.07, 6.45) is 0. The number of hydrogen-bond donors (Lipinski definition) is 1. The molecule has 0 radical (unpaired) electrons. The van der Waals surface area contributed by atoms with E-state index in [0.717, 1.165) is 4.47 Å². The van der Waals surface area contributed by atoms with Crippen molar-refractivity contribution in [3.63, 3.8) is 0 Å². The number of hydrogen-bond acceptors (Lipinski definition) is 4. The van der Waals surface area contributed by atoms with Gasteiger partial charge in [-0.2, -0.15) is 5.26 Å². The van der Waals surface area contributed by atoms with Crippen molar-refractivity contribution in [2.24, 2.45) is 0 Å². The minimum absolute atomic E-state index is 0.152. The molecule has 0 aliphatic heterocycles. The number of ketones is 1. The minimum Gasteiger partial charge on any atom is -0.455 e. The molecule has 2 rings (SSSR count). The van der Waals surface area contributed by atoms with Crippen molar-refractivity contribution in [2.45, 2.75) is 6.92 Å². The van der Waals surface area contributed by atoms with E-state index in [0.29, 0.717) is 28.3 Å². The van der Waals surface area contributed by atoms with E-state index < -0.39 is 0 Å². The molecule has 2 aromatic rings. The molecule has 0 spiro atoms. The Morgan fingerprint density at radius 1 is 1.25 bits per heavy atom. The molecule has 0 saturated carbocycles. The maximum absolute atomic E-state index is 11.6. The van der Waals surface area contributed by atoms with Crippen LogP contribution >= 0.6 is 15.9 Å². The highest BCUT2D eigenvalue weighted by Gasteiger charge is 2.12. The van der Waals surface area contributed by atoms with Gasteiger partial charge in [-0.3, -0.25) is 4.79 Å². The second-order valence-electron chi connectivity index (χ2n) is 4.17. The van der Waals surface area contributed by atoms with E-state index in [1.165, 1.54) is 6.92 Å². The number of rotatable bonds is 3. The molecule has 0 bridgehead atoms. The number of ether oxygens (including phenoxy) is 1. The lowest BCUT2D eigenvalue weighted by Crippen LogP contribution is -1.99. The quantitative estimate of drug-likeness (QED) is 0.684. The van der Waals surface area contributed by atoms with Gasteiger partial charge in [0.2, 0.25) is 0 Å². The van der Waals surface area contributed by atoms with Gasteiger partial charge in [0.1, 0.15) is 17.6 Å². The zero-order valence-corrected chi connectivity index (χ0v) is 12.3. The highest BCUT2D eigenvalue weighted by molar-refractivity contribution is 9.10. The average Bonchev–Trinajstić information content (AvgIpc) is 2.41. The van der Waals surface area contributed by atoms with Crippen molar-refractivity contribution >= 4 is 27.4 Å². The normalized spacial score (nSPS) is 9.85. The zero-order valence-electron chi connectivity index (χ0n) is 10.7. The first kappa shape index (κ1) is 14.1. The number of benzene rings is 2. The van der Waals surface area contributed by atoms with Crippen molar-refractivity contribution < 1.29 is 9.53 Å². The smallest absolute Gasteiger partial charge is 0.163 e. The minimum atomic E-state index is -0.152. The molecule has 0 fully saturated rings. The summed E-state index contributed by atoms with van der Waals surface area (Å²) in [7, 11) is 0. The molecule has 100 valence electrons. The summed E-state index contributed by atoms with van der Waals surface area (Å²) in [5.74, 6) is 0.608. The third-order valence-corrected chi connectivity index (χ3v) is 3.16. The molecule has 0 amide bonds. The zero-order chi connectivity index (χ0) is 14.7. The first-order valence-electron chi connectivity index (χ1n) is 5.79. The summed E-state index contributed by atoms with van der Waals surface area (Å²) < 4.78 is 6.48. The first-order chi connectivity index (χ1) is 9.51. The van der Waals surface area contributed by atoms with Crippen LogP contribution in [0.15, 0.2) is 40.9 Å². The van der Waals surface area contributed by atoms with Gasteiger partial charge in [-0.1, -0.05) is 15.9 Å². The van der Waals surface area contributed by atoms with Crippen molar-refractivity contribution in [2.75, 3.05) is 5.73 Å². The molecular formula is C15H11BrN2O2. The van der Waals surface area contributed by atoms with E-state index in [1.54, 1.807) is 36.4 Å². The highest BCUT2D eigenvalue weighted by Crippen LogP contribution is 2.31. The van der Waals surface area contributed by atoms with E-state index in [4.69, 9.17) is 15.7 Å². The van der Waals surface area contributed by atoms with Gasteiger partial charge >= 0.3 is 0 Å². The molecule has 0 aliphatic carbocycles. The van der Waals surface area contributed by atoms with Gasteiger partial charge in [-0.05, 0) is 43.3 Å². The molecule has 4 nitrogen and oxygen atoms in total. The molecule has 5 heteroatoms. The maximum atomic E-state index is 11.6. The Kier molecular flexibility index (Phi) is 4.06. The van der Waals surface area contributed by atoms with Crippen LogP contribution in [0.25, 0.3) is 0 Å². The van der Waals surface area contributed by atoms with Gasteiger partial charge in [0.05, 0.1) is 11.1 Å². The fourth-order valence-electron chi connectivity index (χ4n) is 1.70. The number of Topliss-reactive ketones (excluding diaryl/α,β-unsaturated/α-hetero) is 1. The summed E-state index contributed by atoms with van der Waals surface area (Å²) in [6.45, 7) is 1.44. The Labute approximate surface area is 124 Å². The number of nitrogens with two attached hydrogens (primary N) is 1. The van der Waals surface area contributed by atoms with Gasteiger partial charge in [0.25, 0.3) is 0 Å². The average molecular weight is 331 g/mol. The number of carbonyl (C=O) groups is 1. The van der Waals surface area contributed by atoms with E-state index in [2.05, 4.69) is 15.9 Å². The highest BCUT2D eigenvalue weighted by atomic mass is 79.9. The number of nitrogen functional groups attached to an aromatic ring is 1. The van der Waals surface area contributed by atoms with Crippen LogP contribution in [0.1, 0.15) is 22.8 Å². The van der Waals surface area contributed by atoms with Gasteiger partial charge in [0.15, 0.2) is 5.78 Å². The molecule has 2 N–H and O–H groups in total. The largest absolute Gasteiger partial charge is 0.455 e. The lowest BCUT2D eigenvalue weighted by molar-refractivity contribution is 0.101. The summed E-state index contributed by atoms with van der Waals surface area (Å²) >= 11 is 3.32. The summed E-state index contributed by atoms with van der Waals surface area (Å²) in [4.78, 5) is 11.6. The molecule has 0 atom stereocenters. The lowest BCUT2D eigenvalue weighted by Gasteiger charge is -2.11. The number of halogens is 1. The standard InChI is InChI=1S/C15H11BrN2O2/c1-9(19)13-7-12(18)4-5-14(13)20-15-6-11(16)3-2-10(15)8-17/h2-7H,18H2,1H3. The number of nitrogens with zero attached hydrogens (tertiary/aromatic N) is 1. The molecule has 0 aromatic heterocycles. The fourth-order valence-corrected chi connectivity index (χ4v) is 2.04. The van der Waals surface area contributed by atoms with Crippen LogP contribution in [0.3, 0.4) is 0 Å². The van der Waals surface area contributed by atoms with E-state index >= 15 is 0 Å². The van der Waals surface area contributed by atoms with Crippen molar-refractivity contribution in [1.29, 1.82) is 5.26 Å². The third-order valence-electron chi connectivity index (χ3n) is 2.67. The molecule has 2 aromatic carbocycles. The van der Waals surface area contributed by atoms with Crippen molar-refractivity contribution in [1.82, 2.24) is 0 Å². The Balaban J connectivity index is 2.48. The van der Waals surface area contributed by atoms with Crippen molar-refractivity contribution in [3.8, 4) is 17.6 Å². The van der Waals surface area contributed by atoms with Crippen LogP contribution in [0, 0.1) is 11.3 Å². The van der Waals surface area contributed by atoms with Gasteiger partial charge in [-0.15, -0.1) is 0 Å². The van der Waals surface area contributed by atoms with Gasteiger partial charge < -0.3 is 10.5 Å². The van der Waals surface area contributed by atoms with Crippen LogP contribution in [-0.4, -0.2) is 5.78 Å². The van der Waals surface area contributed by atoms with Gasteiger partial charge in [0, 0.05) is 10.2 Å². The van der Waals surface area contributed by atoms with Crippen molar-refractivity contribution in [3.05, 3.63) is 52.0 Å². The SMILES string of the molecule is CC(=O)c1cc(N)ccc1Oc1cc(Br)ccc1C#N. The predicted molar refractivity (Wildman–Crippen MR) is 79.8 cm³/mol. The predicted octanol–water partition coefficient (Wildman–Crippen LogP) is 3.90. The molecule has 0 aliphatic rings. The topological polar surface area (TPSA) is 76.1 Å². The number of nitriles is 1. The second-order valence-corrected chi connectivity index (χ2v) is 5.08. The van der Waals surface area contributed by atoms with E-state index in [9.17, 15) is 4.79 Å². The second kappa shape index (κ2) is 5.76. The molecule has 20 heavy (non-hydrogen) atoms. The maximum Gasteiger partial charge on any atom is 0.163 e. The molecule has 0 unspecified atom stereocenters. The monoisotopic (exact) mass is 330 g/mol. The summed E-state index contributed by atoms with van der Waals surface area (Å²) in [5.41, 5.74) is 6.93. The lowest BCUT2D eigenvalue weighted by atomic mass is 10.1. The van der Waals surface area contributed by atoms with Crippen LogP contribution in [0.5, 0.6) is 11.5 Å². The third kappa shape index (κ3) is 2.98. The number of anilines is 1. The van der Waals surface area contributed by atoms with E-state index in [-0.39, 0.29) is 5.78 Å². The van der Waals surface area contributed by atoms with E-state index in [1.807, 2.05) is 6.07 Å². The Bertz CT molecular complexity index is 720. The molecule has 0 heterocycles. The number of carbonyl (C=O) groups excluding carboxylic acids is 1. The Morgan fingerprint density at radius 2 is 2.00 bits per heavy atom. The van der Waals surface area contributed by atoms with Crippen LogP contribution in [-0.2, 0) is 0 Å². The Hall–Kier alpha value is -2.32. The van der Waals surface area contributed by atoms with Crippen LogP contribution < -0.4 is 10.5 Å². The van der Waals surface area contributed by atoms with Gasteiger partial charge in [-0.25, -0.2) is 0 Å². The Morgan fingerprint density at radius 3 is 2.65 bits per heavy atom. The molecule has 0 saturated heterocycles. The van der Waals surface area contributed by atoms with Crippen LogP contribution in [0.2, 0.25) is 0 Å². The first-order valence-corrected chi connectivity index (χ1v) is 6.58. The summed E-state index contributed by atoms with van der Waals surface area (Å²) in [5, 5.41) is 9.08. The summed E-state index contributed by atoms with van der Waals surface area (Å²) in [6, 6.07) is 11.9.